The van der Waals surface area contributed by atoms with Crippen LogP contribution in [0.1, 0.15) is 51.8 Å². The van der Waals surface area contributed by atoms with Crippen molar-refractivity contribution in [3.8, 4) is 0 Å². The number of anilines is 1. The summed E-state index contributed by atoms with van der Waals surface area (Å²) in [4.78, 5) is 31.1. The van der Waals surface area contributed by atoms with Gasteiger partial charge in [-0.3, -0.25) is 14.7 Å². The number of rotatable bonds is 11. The minimum Gasteiger partial charge on any atom is -0.462 e. The van der Waals surface area contributed by atoms with Gasteiger partial charge in [0.25, 0.3) is 0 Å². The summed E-state index contributed by atoms with van der Waals surface area (Å²) in [7, 11) is 0. The second-order valence-electron chi connectivity index (χ2n) is 8.55. The zero-order valence-corrected chi connectivity index (χ0v) is 21.0. The van der Waals surface area contributed by atoms with E-state index in [0.29, 0.717) is 31.1 Å². The summed E-state index contributed by atoms with van der Waals surface area (Å²) in [5.74, 6) is -0.364. The van der Waals surface area contributed by atoms with Crippen molar-refractivity contribution < 1.29 is 23.5 Å². The quantitative estimate of drug-likeness (QED) is 0.239. The summed E-state index contributed by atoms with van der Waals surface area (Å²) in [5.41, 5.74) is 3.76. The maximum absolute atomic E-state index is 13.4. The first-order chi connectivity index (χ1) is 17.5. The second kappa shape index (κ2) is 12.6. The van der Waals surface area contributed by atoms with Gasteiger partial charge in [-0.1, -0.05) is 18.2 Å². The second-order valence-corrected chi connectivity index (χ2v) is 9.62. The van der Waals surface area contributed by atoms with Crippen LogP contribution in [-0.2, 0) is 20.9 Å². The summed E-state index contributed by atoms with van der Waals surface area (Å²) in [5, 5.41) is -0.234. The molecule has 2 aromatic carbocycles. The van der Waals surface area contributed by atoms with E-state index in [9.17, 15) is 14.0 Å². The molecule has 4 rings (SSSR count). The van der Waals surface area contributed by atoms with Gasteiger partial charge in [-0.05, 0) is 79.8 Å². The van der Waals surface area contributed by atoms with Crippen LogP contribution >= 0.6 is 11.8 Å². The summed E-state index contributed by atoms with van der Waals surface area (Å²) < 4.78 is 24.4. The van der Waals surface area contributed by atoms with Gasteiger partial charge in [0.1, 0.15) is 11.2 Å². The van der Waals surface area contributed by atoms with Crippen LogP contribution in [-0.4, -0.2) is 35.8 Å². The smallest absolute Gasteiger partial charge is 0.338 e. The number of aromatic nitrogens is 1. The number of esters is 1. The largest absolute Gasteiger partial charge is 0.462 e. The van der Waals surface area contributed by atoms with Crippen molar-refractivity contribution in [2.45, 2.75) is 38.2 Å². The maximum Gasteiger partial charge on any atom is 0.338 e. The van der Waals surface area contributed by atoms with E-state index in [-0.39, 0.29) is 23.1 Å². The van der Waals surface area contributed by atoms with E-state index >= 15 is 0 Å². The Morgan fingerprint density at radius 3 is 2.64 bits per heavy atom. The first-order valence-corrected chi connectivity index (χ1v) is 13.0. The molecule has 1 aliphatic rings. The maximum atomic E-state index is 13.4. The molecule has 188 valence electrons. The number of carbonyl (C=O) groups is 2. The fourth-order valence-electron chi connectivity index (χ4n) is 4.00. The zero-order valence-electron chi connectivity index (χ0n) is 20.2. The summed E-state index contributed by atoms with van der Waals surface area (Å²) >= 11 is 1.50. The minimum absolute atomic E-state index is 0.0169. The van der Waals surface area contributed by atoms with E-state index in [1.807, 2.05) is 25.1 Å². The molecule has 1 saturated heterocycles. The first-order valence-electron chi connectivity index (χ1n) is 12.0. The predicted molar refractivity (Wildman–Crippen MR) is 138 cm³/mol. The van der Waals surface area contributed by atoms with Gasteiger partial charge in [-0.25, -0.2) is 9.18 Å². The molecule has 3 aromatic rings. The van der Waals surface area contributed by atoms with E-state index < -0.39 is 0 Å². The Morgan fingerprint density at radius 2 is 1.89 bits per heavy atom. The molecule has 1 fully saturated rings. The van der Waals surface area contributed by atoms with Crippen LogP contribution in [0.2, 0.25) is 0 Å². The summed E-state index contributed by atoms with van der Waals surface area (Å²) in [6.07, 6.45) is 4.29. The highest BCUT2D eigenvalue weighted by Crippen LogP contribution is 2.42. The molecule has 1 atom stereocenters. The van der Waals surface area contributed by atoms with Crippen LogP contribution in [0, 0.1) is 12.7 Å². The highest BCUT2D eigenvalue weighted by atomic mass is 32.2. The van der Waals surface area contributed by atoms with Crippen LogP contribution in [0.4, 0.5) is 10.1 Å². The Kier molecular flexibility index (Phi) is 9.08. The van der Waals surface area contributed by atoms with Crippen molar-refractivity contribution in [1.29, 1.82) is 0 Å². The lowest BCUT2D eigenvalue weighted by atomic mass is 10.1. The van der Waals surface area contributed by atoms with Gasteiger partial charge in [-0.2, -0.15) is 0 Å². The van der Waals surface area contributed by atoms with Crippen LogP contribution in [0.15, 0.2) is 66.9 Å². The van der Waals surface area contributed by atoms with Crippen LogP contribution in [0.5, 0.6) is 0 Å². The number of carbonyl (C=O) groups excluding carboxylic acids is 2. The molecule has 6 nitrogen and oxygen atoms in total. The zero-order chi connectivity index (χ0) is 25.3. The summed E-state index contributed by atoms with van der Waals surface area (Å²) in [6.45, 7) is 3.35. The predicted octanol–water partition coefficient (Wildman–Crippen LogP) is 5.85. The van der Waals surface area contributed by atoms with Crippen molar-refractivity contribution in [3.05, 3.63) is 95.1 Å². The van der Waals surface area contributed by atoms with Crippen LogP contribution in [0.25, 0.3) is 0 Å². The number of unbranched alkanes of at least 4 members (excludes halogenated alkanes) is 2. The average Bonchev–Trinajstić information content (AvgIpc) is 3.27. The van der Waals surface area contributed by atoms with Crippen molar-refractivity contribution in [3.63, 3.8) is 0 Å². The molecule has 1 amide bonds. The molecule has 0 N–H and O–H groups in total. The van der Waals surface area contributed by atoms with Gasteiger partial charge in [0.15, 0.2) is 0 Å². The van der Waals surface area contributed by atoms with Crippen LogP contribution in [0.3, 0.4) is 0 Å². The van der Waals surface area contributed by atoms with Crippen LogP contribution < -0.4 is 4.90 Å². The van der Waals surface area contributed by atoms with E-state index in [4.69, 9.17) is 9.47 Å². The van der Waals surface area contributed by atoms with Gasteiger partial charge in [0.2, 0.25) is 5.91 Å². The van der Waals surface area contributed by atoms with Gasteiger partial charge in [0, 0.05) is 18.5 Å². The number of amides is 1. The molecule has 0 spiro atoms. The van der Waals surface area contributed by atoms with Gasteiger partial charge >= 0.3 is 5.97 Å². The highest BCUT2D eigenvalue weighted by Gasteiger charge is 2.35. The molecule has 0 aliphatic carbocycles. The van der Waals surface area contributed by atoms with E-state index in [1.165, 1.54) is 23.9 Å². The SMILES string of the molecule is Cc1cc(C(=O)OCCCCCOCc2ccccn2)ccc1N1C(=O)CSC1c1ccc(F)cc1. The molecular weight excluding hydrogens is 479 g/mol. The molecule has 0 saturated carbocycles. The molecule has 36 heavy (non-hydrogen) atoms. The Hall–Kier alpha value is -3.23. The number of aryl methyl sites for hydroxylation is 1. The minimum atomic E-state index is -0.381. The number of ether oxygens (including phenoxy) is 2. The van der Waals surface area contributed by atoms with E-state index in [2.05, 4.69) is 4.98 Å². The number of pyridine rings is 1. The molecule has 1 aromatic heterocycles. The molecule has 0 radical (unpaired) electrons. The molecule has 8 heteroatoms. The van der Waals surface area contributed by atoms with Gasteiger partial charge in [0.05, 0.1) is 30.2 Å². The topological polar surface area (TPSA) is 68.7 Å². The van der Waals surface area contributed by atoms with Gasteiger partial charge < -0.3 is 9.47 Å². The monoisotopic (exact) mass is 508 g/mol. The number of nitrogens with zero attached hydrogens (tertiary/aromatic N) is 2. The first kappa shape index (κ1) is 25.9. The number of benzene rings is 2. The molecule has 1 aliphatic heterocycles. The number of thioether (sulfide) groups is 1. The molecular formula is C28H29FN2O4S. The van der Waals surface area contributed by atoms with E-state index in [1.54, 1.807) is 41.4 Å². The van der Waals surface area contributed by atoms with Crippen molar-refractivity contribution in [1.82, 2.24) is 4.98 Å². The average molecular weight is 509 g/mol. The third-order valence-corrected chi connectivity index (χ3v) is 7.07. The molecule has 1 unspecified atom stereocenters. The lowest BCUT2D eigenvalue weighted by Gasteiger charge is -2.26. The standard InChI is InChI=1S/C28H29FN2O4S/c1-20-17-22(28(33)35-16-6-2-5-15-34-18-24-7-3-4-14-30-24)10-13-25(20)31-26(32)19-36-27(31)21-8-11-23(29)12-9-21/h3-4,7-14,17,27H,2,5-6,15-16,18-19H2,1H3. The fourth-order valence-corrected chi connectivity index (χ4v) is 5.17. The fraction of sp³-hybridized carbons (Fsp3) is 0.321. The highest BCUT2D eigenvalue weighted by molar-refractivity contribution is 8.00. The normalized spacial score (nSPS) is 15.3. The lowest BCUT2D eigenvalue weighted by Crippen LogP contribution is -2.28. The van der Waals surface area contributed by atoms with Gasteiger partial charge in [-0.15, -0.1) is 11.8 Å². The number of halogens is 1. The lowest BCUT2D eigenvalue weighted by molar-refractivity contribution is -0.115. The van der Waals surface area contributed by atoms with Crippen molar-refractivity contribution in [2.24, 2.45) is 0 Å². The third-order valence-electron chi connectivity index (χ3n) is 5.86. The van der Waals surface area contributed by atoms with Crippen molar-refractivity contribution in [2.75, 3.05) is 23.9 Å². The summed E-state index contributed by atoms with van der Waals surface area (Å²) in [6, 6.07) is 17.2. The number of hydrogen-bond acceptors (Lipinski definition) is 6. The third kappa shape index (κ3) is 6.71. The van der Waals surface area contributed by atoms with Crippen molar-refractivity contribution >= 4 is 29.3 Å². The Bertz CT molecular complexity index is 1170. The molecule has 2 heterocycles. The Balaban J connectivity index is 1.24. The molecule has 0 bridgehead atoms. The Morgan fingerprint density at radius 1 is 1.08 bits per heavy atom. The Labute approximate surface area is 214 Å². The van der Waals surface area contributed by atoms with E-state index in [0.717, 1.165) is 41.8 Å². The number of hydrogen-bond donors (Lipinski definition) is 0.